The highest BCUT2D eigenvalue weighted by Crippen LogP contribution is 2.34. The molecule has 1 aromatic heterocycles. The van der Waals surface area contributed by atoms with Crippen LogP contribution >= 0.6 is 11.6 Å². The van der Waals surface area contributed by atoms with Gasteiger partial charge in [0.1, 0.15) is 5.82 Å². The van der Waals surface area contributed by atoms with Crippen molar-refractivity contribution in [1.29, 1.82) is 0 Å². The minimum absolute atomic E-state index is 0.214. The molecule has 6 nitrogen and oxygen atoms in total. The Kier molecular flexibility index (Phi) is 4.49. The molecule has 0 spiro atoms. The lowest BCUT2D eigenvalue weighted by atomic mass is 10.1. The molecule has 2 N–H and O–H groups in total. The number of anilines is 1. The molecule has 2 aromatic rings. The first-order chi connectivity index (χ1) is 10.7. The molecule has 118 valence electrons. The van der Waals surface area contributed by atoms with Crippen LogP contribution in [0.15, 0.2) is 12.1 Å². The van der Waals surface area contributed by atoms with Crippen molar-refractivity contribution in [2.45, 2.75) is 18.9 Å². The molecule has 2 heterocycles. The van der Waals surface area contributed by atoms with Gasteiger partial charge in [-0.3, -0.25) is 0 Å². The van der Waals surface area contributed by atoms with Crippen LogP contribution in [0.1, 0.15) is 12.8 Å². The molecule has 0 aliphatic carbocycles. The molecule has 3 rings (SSSR count). The Morgan fingerprint density at radius 1 is 1.23 bits per heavy atom. The maximum atomic E-state index is 6.06. The van der Waals surface area contributed by atoms with E-state index in [1.807, 2.05) is 12.1 Å². The Balaban J connectivity index is 2.03. The molecule has 7 heteroatoms. The lowest BCUT2D eigenvalue weighted by Crippen LogP contribution is -2.38. The zero-order valence-electron chi connectivity index (χ0n) is 12.6. The van der Waals surface area contributed by atoms with Gasteiger partial charge in [-0.15, -0.1) is 0 Å². The van der Waals surface area contributed by atoms with Crippen molar-refractivity contribution in [3.05, 3.63) is 17.4 Å². The highest BCUT2D eigenvalue weighted by molar-refractivity contribution is 6.28. The summed E-state index contributed by atoms with van der Waals surface area (Å²) in [5.41, 5.74) is 0.726. The maximum Gasteiger partial charge on any atom is 0.224 e. The predicted octanol–water partition coefficient (Wildman–Crippen LogP) is 2.46. The van der Waals surface area contributed by atoms with Gasteiger partial charge in [0, 0.05) is 24.0 Å². The number of halogens is 1. The molecular weight excluding hydrogens is 304 g/mol. The third kappa shape index (κ3) is 3.03. The van der Waals surface area contributed by atoms with Crippen molar-refractivity contribution < 1.29 is 9.47 Å². The van der Waals surface area contributed by atoms with Crippen molar-refractivity contribution >= 4 is 28.3 Å². The summed E-state index contributed by atoms with van der Waals surface area (Å²) in [7, 11) is 3.21. The summed E-state index contributed by atoms with van der Waals surface area (Å²) in [4.78, 5) is 8.62. The van der Waals surface area contributed by atoms with Gasteiger partial charge in [0.15, 0.2) is 11.5 Å². The van der Waals surface area contributed by atoms with Crippen LogP contribution in [0.2, 0.25) is 5.28 Å². The van der Waals surface area contributed by atoms with E-state index in [0.29, 0.717) is 17.5 Å². The molecule has 0 bridgehead atoms. The number of nitrogens with one attached hydrogen (secondary N) is 2. The summed E-state index contributed by atoms with van der Waals surface area (Å²) in [5.74, 6) is 1.99. The van der Waals surface area contributed by atoms with Gasteiger partial charge in [0.05, 0.1) is 19.7 Å². The minimum atomic E-state index is 0.214. The lowest BCUT2D eigenvalue weighted by molar-refractivity contribution is 0.356. The summed E-state index contributed by atoms with van der Waals surface area (Å²) in [6.45, 7) is 1.98. The Hall–Kier alpha value is -1.79. The molecule has 1 aliphatic heterocycles. The monoisotopic (exact) mass is 322 g/mol. The van der Waals surface area contributed by atoms with Crippen LogP contribution in [0, 0.1) is 0 Å². The number of hydrogen-bond acceptors (Lipinski definition) is 6. The van der Waals surface area contributed by atoms with E-state index < -0.39 is 0 Å². The Bertz CT molecular complexity index is 674. The second-order valence-electron chi connectivity index (χ2n) is 5.25. The van der Waals surface area contributed by atoms with E-state index in [2.05, 4.69) is 20.6 Å². The number of benzene rings is 1. The number of aromatic nitrogens is 2. The van der Waals surface area contributed by atoms with E-state index in [0.717, 1.165) is 42.7 Å². The van der Waals surface area contributed by atoms with Crippen LogP contribution in [0.25, 0.3) is 10.9 Å². The fraction of sp³-hybridized carbons (Fsp3) is 0.467. The second kappa shape index (κ2) is 6.54. The summed E-state index contributed by atoms with van der Waals surface area (Å²) in [6, 6.07) is 4.02. The summed E-state index contributed by atoms with van der Waals surface area (Å²) >= 11 is 6.06. The molecule has 1 aromatic carbocycles. The van der Waals surface area contributed by atoms with E-state index in [9.17, 15) is 0 Å². The fourth-order valence-corrected chi connectivity index (χ4v) is 2.88. The molecule has 1 saturated heterocycles. The van der Waals surface area contributed by atoms with Crippen molar-refractivity contribution in [2.24, 2.45) is 0 Å². The summed E-state index contributed by atoms with van der Waals surface area (Å²) in [6.07, 6.45) is 2.25. The van der Waals surface area contributed by atoms with Crippen molar-refractivity contribution in [2.75, 3.05) is 32.6 Å². The Morgan fingerprint density at radius 3 is 2.68 bits per heavy atom. The normalized spacial score (nSPS) is 18.2. The first-order valence-electron chi connectivity index (χ1n) is 7.28. The minimum Gasteiger partial charge on any atom is -0.493 e. The number of piperidine rings is 1. The van der Waals surface area contributed by atoms with Gasteiger partial charge in [-0.05, 0) is 37.1 Å². The molecule has 0 radical (unpaired) electrons. The van der Waals surface area contributed by atoms with Crippen molar-refractivity contribution in [1.82, 2.24) is 15.3 Å². The van der Waals surface area contributed by atoms with Crippen LogP contribution in [-0.2, 0) is 0 Å². The first-order valence-corrected chi connectivity index (χ1v) is 7.65. The standard InChI is InChI=1S/C15H19ClN4O2/c1-21-12-6-10-11(7-13(12)22-2)19-15(16)20-14(10)18-9-4-3-5-17-8-9/h6-7,9,17H,3-5,8H2,1-2H3,(H,18,19,20)/t9-/m0/s1. The molecule has 22 heavy (non-hydrogen) atoms. The molecule has 0 amide bonds. The third-order valence-electron chi connectivity index (χ3n) is 3.81. The van der Waals surface area contributed by atoms with Gasteiger partial charge < -0.3 is 20.1 Å². The lowest BCUT2D eigenvalue weighted by Gasteiger charge is -2.25. The van der Waals surface area contributed by atoms with Crippen LogP contribution in [0.5, 0.6) is 11.5 Å². The Labute approximate surface area is 134 Å². The average molecular weight is 323 g/mol. The summed E-state index contributed by atoms with van der Waals surface area (Å²) in [5, 5.41) is 7.92. The smallest absolute Gasteiger partial charge is 0.224 e. The van der Waals surface area contributed by atoms with Crippen LogP contribution in [-0.4, -0.2) is 43.3 Å². The second-order valence-corrected chi connectivity index (χ2v) is 5.59. The topological polar surface area (TPSA) is 68.3 Å². The number of fused-ring (bicyclic) bond motifs is 1. The van der Waals surface area contributed by atoms with Crippen molar-refractivity contribution in [3.63, 3.8) is 0 Å². The van der Waals surface area contributed by atoms with Gasteiger partial charge in [0.25, 0.3) is 0 Å². The predicted molar refractivity (Wildman–Crippen MR) is 87.2 cm³/mol. The molecule has 1 fully saturated rings. The molecular formula is C15H19ClN4O2. The van der Waals surface area contributed by atoms with E-state index >= 15 is 0 Å². The quantitative estimate of drug-likeness (QED) is 0.843. The van der Waals surface area contributed by atoms with Gasteiger partial charge in [-0.25, -0.2) is 9.97 Å². The zero-order valence-corrected chi connectivity index (χ0v) is 13.4. The molecule has 1 aliphatic rings. The number of methoxy groups -OCH3 is 2. The average Bonchev–Trinajstić information content (AvgIpc) is 2.54. The third-order valence-corrected chi connectivity index (χ3v) is 3.98. The van der Waals surface area contributed by atoms with Crippen LogP contribution < -0.4 is 20.1 Å². The van der Waals surface area contributed by atoms with Gasteiger partial charge >= 0.3 is 0 Å². The van der Waals surface area contributed by atoms with E-state index in [-0.39, 0.29) is 5.28 Å². The first kappa shape index (κ1) is 15.1. The van der Waals surface area contributed by atoms with Gasteiger partial charge in [-0.2, -0.15) is 0 Å². The Morgan fingerprint density at radius 2 is 2.00 bits per heavy atom. The fourth-order valence-electron chi connectivity index (χ4n) is 2.71. The number of rotatable bonds is 4. The molecule has 0 saturated carbocycles. The highest BCUT2D eigenvalue weighted by Gasteiger charge is 2.17. The highest BCUT2D eigenvalue weighted by atomic mass is 35.5. The van der Waals surface area contributed by atoms with E-state index in [4.69, 9.17) is 21.1 Å². The zero-order chi connectivity index (χ0) is 15.5. The van der Waals surface area contributed by atoms with Gasteiger partial charge in [0.2, 0.25) is 5.28 Å². The van der Waals surface area contributed by atoms with Gasteiger partial charge in [-0.1, -0.05) is 0 Å². The van der Waals surface area contributed by atoms with Crippen LogP contribution in [0.4, 0.5) is 5.82 Å². The molecule has 1 atom stereocenters. The largest absolute Gasteiger partial charge is 0.493 e. The number of ether oxygens (including phenoxy) is 2. The number of nitrogens with zero attached hydrogens (tertiary/aromatic N) is 2. The number of hydrogen-bond donors (Lipinski definition) is 2. The van der Waals surface area contributed by atoms with E-state index in [1.165, 1.54) is 0 Å². The summed E-state index contributed by atoms with van der Waals surface area (Å²) < 4.78 is 10.7. The maximum absolute atomic E-state index is 6.06. The van der Waals surface area contributed by atoms with E-state index in [1.54, 1.807) is 14.2 Å². The molecule has 0 unspecified atom stereocenters. The van der Waals surface area contributed by atoms with Crippen LogP contribution in [0.3, 0.4) is 0 Å². The SMILES string of the molecule is COc1cc2nc(Cl)nc(N[C@H]3CCCNC3)c2cc1OC. The van der Waals surface area contributed by atoms with Crippen molar-refractivity contribution in [3.8, 4) is 11.5 Å².